The van der Waals surface area contributed by atoms with Crippen LogP contribution in [0.15, 0.2) is 23.0 Å². The standard InChI is InChI=1S/C14H19N3O2/c1-15-6-2-5-14(8-19-9-14)10-3-4-11-12(7-10)17-13(18)16-11/h3-4,7,15H,2,5-6,8-9H2,1H3,(H2,16,17,18). The molecule has 2 aromatic rings. The molecule has 1 aromatic carbocycles. The molecule has 5 heteroatoms. The van der Waals surface area contributed by atoms with Crippen LogP contribution < -0.4 is 11.0 Å². The predicted molar refractivity (Wildman–Crippen MR) is 74.6 cm³/mol. The Morgan fingerprint density at radius 2 is 2.11 bits per heavy atom. The van der Waals surface area contributed by atoms with Gasteiger partial charge in [-0.15, -0.1) is 0 Å². The van der Waals surface area contributed by atoms with Crippen molar-refractivity contribution >= 4 is 11.0 Å². The van der Waals surface area contributed by atoms with Gasteiger partial charge in [0.05, 0.1) is 24.2 Å². The third-order valence-corrected chi connectivity index (χ3v) is 3.97. The molecule has 1 aliphatic heterocycles. The summed E-state index contributed by atoms with van der Waals surface area (Å²) in [7, 11) is 1.97. The van der Waals surface area contributed by atoms with Gasteiger partial charge in [-0.3, -0.25) is 0 Å². The van der Waals surface area contributed by atoms with Crippen LogP contribution in [0.3, 0.4) is 0 Å². The Kier molecular flexibility index (Phi) is 3.16. The number of imidazole rings is 1. The van der Waals surface area contributed by atoms with E-state index in [1.54, 1.807) is 0 Å². The molecule has 0 spiro atoms. The molecule has 5 nitrogen and oxygen atoms in total. The first kappa shape index (κ1) is 12.4. The summed E-state index contributed by atoms with van der Waals surface area (Å²) in [6, 6.07) is 6.16. The highest BCUT2D eigenvalue weighted by molar-refractivity contribution is 5.75. The predicted octanol–water partition coefficient (Wildman–Crippen LogP) is 1.12. The van der Waals surface area contributed by atoms with Crippen LogP contribution in [-0.4, -0.2) is 36.8 Å². The molecule has 0 unspecified atom stereocenters. The van der Waals surface area contributed by atoms with Gasteiger partial charge in [-0.2, -0.15) is 0 Å². The average Bonchev–Trinajstić information content (AvgIpc) is 2.71. The van der Waals surface area contributed by atoms with Crippen molar-refractivity contribution in [2.24, 2.45) is 0 Å². The minimum absolute atomic E-state index is 0.124. The van der Waals surface area contributed by atoms with Gasteiger partial charge in [0.1, 0.15) is 0 Å². The van der Waals surface area contributed by atoms with E-state index < -0.39 is 0 Å². The van der Waals surface area contributed by atoms with Crippen LogP contribution >= 0.6 is 0 Å². The summed E-state index contributed by atoms with van der Waals surface area (Å²) in [5, 5.41) is 3.18. The van der Waals surface area contributed by atoms with Gasteiger partial charge in [0.25, 0.3) is 0 Å². The number of fused-ring (bicyclic) bond motifs is 1. The number of nitrogens with one attached hydrogen (secondary N) is 3. The van der Waals surface area contributed by atoms with Crippen LogP contribution in [0, 0.1) is 0 Å². The van der Waals surface area contributed by atoms with Gasteiger partial charge in [-0.05, 0) is 44.1 Å². The molecule has 3 rings (SSSR count). The zero-order chi connectivity index (χ0) is 13.3. The maximum absolute atomic E-state index is 11.3. The van der Waals surface area contributed by atoms with Crippen molar-refractivity contribution in [1.82, 2.24) is 15.3 Å². The molecule has 0 aliphatic carbocycles. The van der Waals surface area contributed by atoms with E-state index in [1.807, 2.05) is 13.1 Å². The van der Waals surface area contributed by atoms with E-state index in [2.05, 4.69) is 27.4 Å². The molecule has 19 heavy (non-hydrogen) atoms. The normalized spacial score (nSPS) is 17.5. The zero-order valence-corrected chi connectivity index (χ0v) is 11.1. The molecular weight excluding hydrogens is 242 g/mol. The third kappa shape index (κ3) is 2.19. The zero-order valence-electron chi connectivity index (χ0n) is 11.1. The van der Waals surface area contributed by atoms with Gasteiger partial charge in [-0.25, -0.2) is 4.79 Å². The first-order chi connectivity index (χ1) is 9.23. The molecule has 0 amide bonds. The fourth-order valence-electron chi connectivity index (χ4n) is 2.77. The number of rotatable bonds is 5. The number of benzene rings is 1. The molecule has 1 aliphatic rings. The molecule has 0 saturated carbocycles. The van der Waals surface area contributed by atoms with E-state index in [1.165, 1.54) is 5.56 Å². The summed E-state index contributed by atoms with van der Waals surface area (Å²) in [5.41, 5.74) is 2.97. The molecule has 102 valence electrons. The summed E-state index contributed by atoms with van der Waals surface area (Å²) in [5.74, 6) is 0. The van der Waals surface area contributed by atoms with Crippen molar-refractivity contribution in [1.29, 1.82) is 0 Å². The minimum atomic E-state index is -0.152. The van der Waals surface area contributed by atoms with Gasteiger partial charge in [-0.1, -0.05) is 6.07 Å². The second-order valence-corrected chi connectivity index (χ2v) is 5.32. The smallest absolute Gasteiger partial charge is 0.323 e. The fourth-order valence-corrected chi connectivity index (χ4v) is 2.77. The Morgan fingerprint density at radius 1 is 1.32 bits per heavy atom. The summed E-state index contributed by atoms with van der Waals surface area (Å²) in [4.78, 5) is 16.9. The van der Waals surface area contributed by atoms with Crippen molar-refractivity contribution < 1.29 is 4.74 Å². The highest BCUT2D eigenvalue weighted by atomic mass is 16.5. The number of hydrogen-bond donors (Lipinski definition) is 3. The van der Waals surface area contributed by atoms with Crippen molar-refractivity contribution in [2.45, 2.75) is 18.3 Å². The molecule has 3 N–H and O–H groups in total. The molecular formula is C14H19N3O2. The Labute approximate surface area is 111 Å². The van der Waals surface area contributed by atoms with Crippen LogP contribution in [0.1, 0.15) is 18.4 Å². The van der Waals surface area contributed by atoms with E-state index in [9.17, 15) is 4.79 Å². The van der Waals surface area contributed by atoms with E-state index in [4.69, 9.17) is 4.74 Å². The maximum Gasteiger partial charge on any atom is 0.323 e. The first-order valence-electron chi connectivity index (χ1n) is 6.68. The first-order valence-corrected chi connectivity index (χ1v) is 6.68. The van der Waals surface area contributed by atoms with Crippen molar-refractivity contribution in [3.8, 4) is 0 Å². The van der Waals surface area contributed by atoms with Gasteiger partial charge in [0.2, 0.25) is 0 Å². The van der Waals surface area contributed by atoms with Crippen LogP contribution in [0.25, 0.3) is 11.0 Å². The van der Waals surface area contributed by atoms with E-state index in [0.717, 1.165) is 43.6 Å². The lowest BCUT2D eigenvalue weighted by Gasteiger charge is -2.42. The number of aromatic nitrogens is 2. The van der Waals surface area contributed by atoms with Crippen molar-refractivity contribution in [3.05, 3.63) is 34.2 Å². The van der Waals surface area contributed by atoms with E-state index in [-0.39, 0.29) is 11.1 Å². The summed E-state index contributed by atoms with van der Waals surface area (Å²) in [6.07, 6.45) is 2.23. The number of ether oxygens (including phenoxy) is 1. The molecule has 1 aromatic heterocycles. The molecule has 1 saturated heterocycles. The van der Waals surface area contributed by atoms with Gasteiger partial charge < -0.3 is 20.0 Å². The monoisotopic (exact) mass is 261 g/mol. The number of aromatic amines is 2. The summed E-state index contributed by atoms with van der Waals surface area (Å²) < 4.78 is 5.44. The molecule has 1 fully saturated rings. The number of H-pyrrole nitrogens is 2. The molecule has 0 atom stereocenters. The lowest BCUT2D eigenvalue weighted by Crippen LogP contribution is -2.47. The quantitative estimate of drug-likeness (QED) is 0.706. The topological polar surface area (TPSA) is 69.9 Å². The molecule has 0 radical (unpaired) electrons. The van der Waals surface area contributed by atoms with Crippen LogP contribution in [0.5, 0.6) is 0 Å². The van der Waals surface area contributed by atoms with Gasteiger partial charge in [0, 0.05) is 5.41 Å². The largest absolute Gasteiger partial charge is 0.379 e. The highest BCUT2D eigenvalue weighted by Gasteiger charge is 2.39. The maximum atomic E-state index is 11.3. The Bertz CT molecular complexity index is 625. The van der Waals surface area contributed by atoms with Crippen LogP contribution in [0.2, 0.25) is 0 Å². The third-order valence-electron chi connectivity index (χ3n) is 3.97. The highest BCUT2D eigenvalue weighted by Crippen LogP contribution is 2.37. The lowest BCUT2D eigenvalue weighted by atomic mass is 9.75. The average molecular weight is 261 g/mol. The second kappa shape index (κ2) is 4.83. The van der Waals surface area contributed by atoms with Crippen LogP contribution in [-0.2, 0) is 10.2 Å². The van der Waals surface area contributed by atoms with Gasteiger partial charge in [0.15, 0.2) is 0 Å². The van der Waals surface area contributed by atoms with Crippen molar-refractivity contribution in [2.75, 3.05) is 26.8 Å². The van der Waals surface area contributed by atoms with Crippen molar-refractivity contribution in [3.63, 3.8) is 0 Å². The van der Waals surface area contributed by atoms with E-state index in [0.29, 0.717) is 0 Å². The van der Waals surface area contributed by atoms with E-state index >= 15 is 0 Å². The van der Waals surface area contributed by atoms with Gasteiger partial charge >= 0.3 is 5.69 Å². The fraction of sp³-hybridized carbons (Fsp3) is 0.500. The Morgan fingerprint density at radius 3 is 2.79 bits per heavy atom. The number of hydrogen-bond acceptors (Lipinski definition) is 3. The lowest BCUT2D eigenvalue weighted by molar-refractivity contribution is -0.0650. The molecule has 2 heterocycles. The second-order valence-electron chi connectivity index (χ2n) is 5.32. The summed E-state index contributed by atoms with van der Waals surface area (Å²) >= 11 is 0. The minimum Gasteiger partial charge on any atom is -0.379 e. The van der Waals surface area contributed by atoms with Crippen LogP contribution in [0.4, 0.5) is 0 Å². The summed E-state index contributed by atoms with van der Waals surface area (Å²) in [6.45, 7) is 2.57. The SMILES string of the molecule is CNCCCC1(c2ccc3[nH]c(=O)[nH]c3c2)COC1. The molecule has 0 bridgehead atoms. The Hall–Kier alpha value is -1.59. The Balaban J connectivity index is 1.90.